The Morgan fingerprint density at radius 3 is 2.70 bits per heavy atom. The first-order chi connectivity index (χ1) is 13.2. The summed E-state index contributed by atoms with van der Waals surface area (Å²) in [6.45, 7) is 0.283. The van der Waals surface area contributed by atoms with Crippen LogP contribution < -0.4 is 10.8 Å². The smallest absolute Gasteiger partial charge is 0.305 e. The maximum Gasteiger partial charge on any atom is 0.305 e. The fraction of sp³-hybridized carbons (Fsp3) is 0.150. The molecule has 3 N–H and O–H groups in total. The molecular formula is C20H19N5OS. The summed E-state index contributed by atoms with van der Waals surface area (Å²) < 4.78 is 0. The topological polar surface area (TPSA) is 92.2 Å². The van der Waals surface area contributed by atoms with Crippen molar-refractivity contribution in [3.8, 4) is 10.6 Å². The Morgan fingerprint density at radius 2 is 1.89 bits per heavy atom. The molecule has 4 rings (SSSR count). The number of nitrogens with two attached hydrogens (primary N) is 1. The molecule has 2 aromatic carbocycles. The molecule has 2 aromatic heterocycles. The van der Waals surface area contributed by atoms with Crippen molar-refractivity contribution in [3.63, 3.8) is 0 Å². The van der Waals surface area contributed by atoms with Gasteiger partial charge in [-0.25, -0.2) is 0 Å². The van der Waals surface area contributed by atoms with Gasteiger partial charge >= 0.3 is 5.13 Å². The van der Waals surface area contributed by atoms with Crippen LogP contribution in [0, 0.1) is 5.21 Å². The van der Waals surface area contributed by atoms with Gasteiger partial charge in [-0.2, -0.15) is 0 Å². The molecular weight excluding hydrogens is 358 g/mol. The first-order valence-electron chi connectivity index (χ1n) is 8.70. The summed E-state index contributed by atoms with van der Waals surface area (Å²) in [4.78, 5) is 4.12. The second-order valence-corrected chi connectivity index (χ2v) is 7.31. The number of hydroxylamine groups is 1. The molecule has 0 aliphatic heterocycles. The van der Waals surface area contributed by atoms with E-state index in [1.165, 1.54) is 11.3 Å². The first-order valence-corrected chi connectivity index (χ1v) is 9.52. The Labute approximate surface area is 160 Å². The average Bonchev–Trinajstić information content (AvgIpc) is 3.22. The highest BCUT2D eigenvalue weighted by molar-refractivity contribution is 7.17. The largest absolute Gasteiger partial charge is 0.627 e. The van der Waals surface area contributed by atoms with E-state index in [2.05, 4.69) is 15.2 Å². The normalized spacial score (nSPS) is 13.6. The molecule has 136 valence electrons. The molecule has 2 heterocycles. The summed E-state index contributed by atoms with van der Waals surface area (Å²) in [7, 11) is 0. The van der Waals surface area contributed by atoms with Crippen molar-refractivity contribution in [2.45, 2.75) is 12.5 Å². The minimum atomic E-state index is -0.295. The van der Waals surface area contributed by atoms with Gasteiger partial charge in [0, 0.05) is 36.3 Å². The summed E-state index contributed by atoms with van der Waals surface area (Å²) in [5, 5.41) is 24.5. The number of pyridine rings is 1. The molecule has 27 heavy (non-hydrogen) atoms. The highest BCUT2D eigenvalue weighted by Crippen LogP contribution is 2.27. The zero-order valence-corrected chi connectivity index (χ0v) is 15.4. The number of nitrogens with one attached hydrogen (secondary N) is 1. The number of fused-ring (bicyclic) bond motifs is 1. The molecule has 7 heteroatoms. The van der Waals surface area contributed by atoms with E-state index < -0.39 is 0 Å². The summed E-state index contributed by atoms with van der Waals surface area (Å²) in [6, 6.07) is 17.6. The van der Waals surface area contributed by atoms with Gasteiger partial charge in [0.2, 0.25) is 0 Å². The van der Waals surface area contributed by atoms with E-state index in [-0.39, 0.29) is 17.6 Å². The maximum atomic E-state index is 12.9. The molecule has 0 radical (unpaired) electrons. The summed E-state index contributed by atoms with van der Waals surface area (Å²) >= 11 is 1.31. The van der Waals surface area contributed by atoms with Crippen molar-refractivity contribution in [2.75, 3.05) is 6.54 Å². The van der Waals surface area contributed by atoms with Crippen LogP contribution in [0.4, 0.5) is 5.13 Å². The highest BCUT2D eigenvalue weighted by Gasteiger charge is 2.21. The minimum absolute atomic E-state index is 0.0462. The van der Waals surface area contributed by atoms with Crippen LogP contribution in [0.15, 0.2) is 67.0 Å². The number of nitrogens with zero attached hydrogens (tertiary/aromatic N) is 3. The van der Waals surface area contributed by atoms with Crippen molar-refractivity contribution >= 4 is 27.2 Å². The third-order valence-electron chi connectivity index (χ3n) is 4.50. The fourth-order valence-corrected chi connectivity index (χ4v) is 3.87. The lowest BCUT2D eigenvalue weighted by Crippen LogP contribution is -3.08. The number of hydrogen-bond donors (Lipinski definition) is 2. The second kappa shape index (κ2) is 7.89. The fourth-order valence-electron chi connectivity index (χ4n) is 3.01. The Hall–Kier alpha value is -2.71. The second-order valence-electron chi connectivity index (χ2n) is 6.34. The Bertz CT molecular complexity index is 1040. The summed E-state index contributed by atoms with van der Waals surface area (Å²) in [5.41, 5.74) is 7.90. The lowest BCUT2D eigenvalue weighted by Gasteiger charge is -2.27. The molecule has 0 aliphatic carbocycles. The number of aromatic nitrogens is 3. The van der Waals surface area contributed by atoms with Gasteiger partial charge < -0.3 is 16.0 Å². The molecule has 0 aliphatic rings. The van der Waals surface area contributed by atoms with Crippen LogP contribution in [0.2, 0.25) is 0 Å². The zero-order chi connectivity index (χ0) is 18.6. The van der Waals surface area contributed by atoms with Gasteiger partial charge in [-0.05, 0) is 34.4 Å². The van der Waals surface area contributed by atoms with Crippen LogP contribution in [-0.4, -0.2) is 27.8 Å². The van der Waals surface area contributed by atoms with E-state index >= 15 is 0 Å². The van der Waals surface area contributed by atoms with Crippen molar-refractivity contribution in [1.82, 2.24) is 15.2 Å². The third kappa shape index (κ3) is 3.86. The number of rotatable bonds is 6. The molecule has 0 spiro atoms. The van der Waals surface area contributed by atoms with Crippen LogP contribution in [-0.2, 0) is 6.42 Å². The van der Waals surface area contributed by atoms with Crippen LogP contribution in [0.25, 0.3) is 21.3 Å². The quantitative estimate of drug-likeness (QED) is 0.503. The predicted octanol–water partition coefficient (Wildman–Crippen LogP) is 2.34. The highest BCUT2D eigenvalue weighted by atomic mass is 32.1. The maximum absolute atomic E-state index is 12.9. The number of benzene rings is 2. The van der Waals surface area contributed by atoms with Crippen molar-refractivity contribution in [1.29, 1.82) is 0 Å². The molecule has 0 amide bonds. The van der Waals surface area contributed by atoms with Gasteiger partial charge in [-0.15, -0.1) is 5.10 Å². The lowest BCUT2D eigenvalue weighted by atomic mass is 10.1. The van der Waals surface area contributed by atoms with Gasteiger partial charge in [0.05, 0.1) is 0 Å². The SMILES string of the molecule is NCC(Cc1ccccc1)[NH+]([O-])c1nnc(-c2ccc3cnccc3c2)s1. The van der Waals surface area contributed by atoms with Crippen molar-refractivity contribution in [3.05, 3.63) is 77.8 Å². The van der Waals surface area contributed by atoms with E-state index in [0.717, 1.165) is 26.9 Å². The van der Waals surface area contributed by atoms with Crippen LogP contribution in [0.1, 0.15) is 5.56 Å². The van der Waals surface area contributed by atoms with Crippen molar-refractivity contribution in [2.24, 2.45) is 5.73 Å². The van der Waals surface area contributed by atoms with Gasteiger partial charge in [-0.1, -0.05) is 47.6 Å². The molecule has 2 unspecified atom stereocenters. The molecule has 0 saturated heterocycles. The standard InChI is InChI=1S/C20H19N5OS/c21-12-18(10-14-4-2-1-3-5-14)25(26)20-24-23-19(27-20)16-6-7-17-13-22-9-8-15(17)11-16/h1-9,11,13,18,25H,10,12,21H2. The summed E-state index contributed by atoms with van der Waals surface area (Å²) in [5.74, 6) is 0. The zero-order valence-electron chi connectivity index (χ0n) is 14.6. The molecule has 4 aromatic rings. The number of quaternary nitrogens is 1. The van der Waals surface area contributed by atoms with E-state index in [0.29, 0.717) is 11.6 Å². The van der Waals surface area contributed by atoms with Crippen LogP contribution in [0.5, 0.6) is 0 Å². The van der Waals surface area contributed by atoms with Gasteiger partial charge in [0.1, 0.15) is 6.04 Å². The van der Waals surface area contributed by atoms with Gasteiger partial charge in [-0.3, -0.25) is 4.98 Å². The molecule has 0 saturated carbocycles. The Kier molecular flexibility index (Phi) is 5.17. The Morgan fingerprint density at radius 1 is 1.04 bits per heavy atom. The van der Waals surface area contributed by atoms with Crippen LogP contribution >= 0.6 is 11.3 Å². The third-order valence-corrected chi connectivity index (χ3v) is 5.49. The number of hydrogen-bond acceptors (Lipinski definition) is 6. The molecule has 0 fully saturated rings. The molecule has 6 nitrogen and oxygen atoms in total. The predicted molar refractivity (Wildman–Crippen MR) is 108 cm³/mol. The van der Waals surface area contributed by atoms with E-state index in [1.54, 1.807) is 6.20 Å². The molecule has 2 atom stereocenters. The Balaban J connectivity index is 1.56. The lowest BCUT2D eigenvalue weighted by molar-refractivity contribution is -0.804. The van der Waals surface area contributed by atoms with E-state index in [9.17, 15) is 5.21 Å². The monoisotopic (exact) mass is 377 g/mol. The summed E-state index contributed by atoms with van der Waals surface area (Å²) in [6.07, 6.45) is 4.19. The van der Waals surface area contributed by atoms with E-state index in [4.69, 9.17) is 5.73 Å². The van der Waals surface area contributed by atoms with Gasteiger partial charge in [0.25, 0.3) is 0 Å². The van der Waals surface area contributed by atoms with E-state index in [1.807, 2.05) is 60.8 Å². The first kappa shape index (κ1) is 17.7. The average molecular weight is 377 g/mol. The van der Waals surface area contributed by atoms with Crippen molar-refractivity contribution < 1.29 is 5.06 Å². The minimum Gasteiger partial charge on any atom is -0.627 e. The van der Waals surface area contributed by atoms with Crippen LogP contribution in [0.3, 0.4) is 0 Å². The van der Waals surface area contributed by atoms with Gasteiger partial charge in [0.15, 0.2) is 5.01 Å². The molecule has 0 bridgehead atoms.